The number of nitrogens with one attached hydrogen (secondary N) is 1. The summed E-state index contributed by atoms with van der Waals surface area (Å²) in [6.45, 7) is 7.41. The van der Waals surface area contributed by atoms with Gasteiger partial charge in [-0.3, -0.25) is 9.69 Å². The number of nitrogens with zero attached hydrogens (tertiary/aromatic N) is 3. The number of halogens is 1. The van der Waals surface area contributed by atoms with Gasteiger partial charge in [0.25, 0.3) is 0 Å². The van der Waals surface area contributed by atoms with E-state index in [1.807, 2.05) is 6.07 Å². The van der Waals surface area contributed by atoms with E-state index in [1.165, 1.54) is 48.6 Å². The zero-order valence-corrected chi connectivity index (χ0v) is 19.9. The molecule has 34 heavy (non-hydrogen) atoms. The van der Waals surface area contributed by atoms with Crippen LogP contribution < -0.4 is 5.32 Å². The van der Waals surface area contributed by atoms with Crippen LogP contribution in [-0.4, -0.2) is 59.5 Å². The Balaban J connectivity index is 1.19. The number of hydrogen-bond donors (Lipinski definition) is 1. The van der Waals surface area contributed by atoms with Crippen LogP contribution in [0.4, 0.5) is 4.39 Å². The molecule has 1 aromatic heterocycles. The predicted molar refractivity (Wildman–Crippen MR) is 134 cm³/mol. The smallest absolute Gasteiger partial charge is 0.223 e. The molecule has 0 radical (unpaired) electrons. The van der Waals surface area contributed by atoms with Crippen LogP contribution in [0.2, 0.25) is 0 Å². The van der Waals surface area contributed by atoms with Crippen molar-refractivity contribution in [2.75, 3.05) is 39.3 Å². The third-order valence-corrected chi connectivity index (χ3v) is 7.40. The lowest BCUT2D eigenvalue weighted by molar-refractivity contribution is -0.126. The lowest BCUT2D eigenvalue weighted by atomic mass is 9.96. The molecule has 0 unspecified atom stereocenters. The first-order valence-electron chi connectivity index (χ1n) is 12.7. The Morgan fingerprint density at radius 3 is 2.50 bits per heavy atom. The van der Waals surface area contributed by atoms with Crippen molar-refractivity contribution < 1.29 is 9.18 Å². The third-order valence-electron chi connectivity index (χ3n) is 7.40. The molecule has 5 rings (SSSR count). The minimum Gasteiger partial charge on any atom is -0.355 e. The van der Waals surface area contributed by atoms with E-state index in [1.54, 1.807) is 12.1 Å². The molecule has 2 aliphatic heterocycles. The maximum absolute atomic E-state index is 13.8. The normalized spacial score (nSPS) is 18.0. The van der Waals surface area contributed by atoms with Crippen molar-refractivity contribution in [1.29, 1.82) is 0 Å². The lowest BCUT2D eigenvalue weighted by Crippen LogP contribution is -2.42. The molecule has 0 saturated carbocycles. The number of benzene rings is 2. The number of piperidine rings is 1. The molecule has 6 heteroatoms. The fourth-order valence-corrected chi connectivity index (χ4v) is 5.47. The Labute approximate surface area is 201 Å². The van der Waals surface area contributed by atoms with Crippen molar-refractivity contribution in [3.8, 4) is 0 Å². The van der Waals surface area contributed by atoms with Gasteiger partial charge in [0.05, 0.1) is 0 Å². The van der Waals surface area contributed by atoms with Crippen LogP contribution in [0.3, 0.4) is 0 Å². The quantitative estimate of drug-likeness (QED) is 0.544. The van der Waals surface area contributed by atoms with E-state index in [0.29, 0.717) is 6.54 Å². The van der Waals surface area contributed by atoms with Gasteiger partial charge in [0, 0.05) is 43.3 Å². The summed E-state index contributed by atoms with van der Waals surface area (Å²) in [5, 5.41) is 4.38. The van der Waals surface area contributed by atoms with Gasteiger partial charge < -0.3 is 14.8 Å². The number of hydrogen-bond acceptors (Lipinski definition) is 3. The Morgan fingerprint density at radius 2 is 1.71 bits per heavy atom. The monoisotopic (exact) mass is 462 g/mol. The van der Waals surface area contributed by atoms with Crippen LogP contribution in [0.25, 0.3) is 10.9 Å². The van der Waals surface area contributed by atoms with E-state index in [9.17, 15) is 9.18 Å². The first kappa shape index (κ1) is 23.1. The van der Waals surface area contributed by atoms with Gasteiger partial charge in [0.2, 0.25) is 5.91 Å². The van der Waals surface area contributed by atoms with Gasteiger partial charge >= 0.3 is 0 Å². The zero-order valence-electron chi connectivity index (χ0n) is 19.9. The fraction of sp³-hybridized carbons (Fsp3) is 0.464. The number of amides is 1. The molecular formula is C28H35FN4O. The minimum atomic E-state index is -0.198. The van der Waals surface area contributed by atoms with Gasteiger partial charge in [0.15, 0.2) is 0 Å². The van der Waals surface area contributed by atoms with Crippen molar-refractivity contribution in [3.05, 3.63) is 71.7 Å². The highest BCUT2D eigenvalue weighted by Crippen LogP contribution is 2.25. The van der Waals surface area contributed by atoms with Crippen molar-refractivity contribution >= 4 is 16.8 Å². The summed E-state index contributed by atoms with van der Waals surface area (Å²) in [6, 6.07) is 17.5. The van der Waals surface area contributed by atoms with Crippen molar-refractivity contribution in [1.82, 2.24) is 19.7 Å². The molecule has 0 aliphatic carbocycles. The van der Waals surface area contributed by atoms with Crippen molar-refractivity contribution in [2.24, 2.45) is 5.92 Å². The van der Waals surface area contributed by atoms with E-state index < -0.39 is 0 Å². The fourth-order valence-electron chi connectivity index (χ4n) is 5.47. The topological polar surface area (TPSA) is 40.5 Å². The average Bonchev–Trinajstić information content (AvgIpc) is 3.48. The van der Waals surface area contributed by atoms with Crippen LogP contribution in [0.1, 0.15) is 36.9 Å². The summed E-state index contributed by atoms with van der Waals surface area (Å²) in [5.74, 6) is 0.142. The molecule has 2 fully saturated rings. The van der Waals surface area contributed by atoms with Crippen LogP contribution in [0.5, 0.6) is 0 Å². The highest BCUT2D eigenvalue weighted by atomic mass is 19.1. The summed E-state index contributed by atoms with van der Waals surface area (Å²) in [6.07, 6.45) is 4.38. The summed E-state index contributed by atoms with van der Waals surface area (Å²) < 4.78 is 16.1. The molecule has 2 saturated heterocycles. The minimum absolute atomic E-state index is 0.118. The Morgan fingerprint density at radius 1 is 0.912 bits per heavy atom. The maximum atomic E-state index is 13.8. The molecule has 3 heterocycles. The van der Waals surface area contributed by atoms with Gasteiger partial charge in [-0.1, -0.05) is 30.3 Å². The molecular weight excluding hydrogens is 427 g/mol. The SMILES string of the molecule is O=C(NCCN1CCCC1)C1CCN(Cc2cc3ccccc3n2Cc2cccc(F)c2)CC1. The molecule has 0 bridgehead atoms. The summed E-state index contributed by atoms with van der Waals surface area (Å²) in [5.41, 5.74) is 3.37. The van der Waals surface area contributed by atoms with Crippen LogP contribution in [-0.2, 0) is 17.9 Å². The maximum Gasteiger partial charge on any atom is 0.223 e. The highest BCUT2D eigenvalue weighted by molar-refractivity contribution is 5.81. The van der Waals surface area contributed by atoms with E-state index in [4.69, 9.17) is 0 Å². The molecule has 0 atom stereocenters. The molecule has 5 nitrogen and oxygen atoms in total. The second kappa shape index (κ2) is 10.7. The largest absolute Gasteiger partial charge is 0.355 e. The average molecular weight is 463 g/mol. The van der Waals surface area contributed by atoms with Gasteiger partial charge in [-0.25, -0.2) is 4.39 Å². The summed E-state index contributed by atoms with van der Waals surface area (Å²) in [4.78, 5) is 17.5. The van der Waals surface area contributed by atoms with Crippen molar-refractivity contribution in [2.45, 2.75) is 38.8 Å². The highest BCUT2D eigenvalue weighted by Gasteiger charge is 2.26. The van der Waals surface area contributed by atoms with E-state index >= 15 is 0 Å². The Kier molecular flexibility index (Phi) is 7.26. The number of likely N-dealkylation sites (tertiary alicyclic amines) is 2. The molecule has 1 amide bonds. The van der Waals surface area contributed by atoms with Gasteiger partial charge in [-0.2, -0.15) is 0 Å². The van der Waals surface area contributed by atoms with Crippen LogP contribution in [0, 0.1) is 11.7 Å². The first-order valence-corrected chi connectivity index (χ1v) is 12.7. The number of carbonyl (C=O) groups is 1. The molecule has 180 valence electrons. The molecule has 2 aliphatic rings. The zero-order chi connectivity index (χ0) is 23.3. The van der Waals surface area contributed by atoms with E-state index in [2.05, 4.69) is 50.0 Å². The predicted octanol–water partition coefficient (Wildman–Crippen LogP) is 4.25. The van der Waals surface area contributed by atoms with Crippen LogP contribution >= 0.6 is 0 Å². The second-order valence-corrected chi connectivity index (χ2v) is 9.80. The molecule has 0 spiro atoms. The number of rotatable bonds is 8. The summed E-state index contributed by atoms with van der Waals surface area (Å²) >= 11 is 0. The molecule has 2 aromatic carbocycles. The number of carbonyl (C=O) groups excluding carboxylic acids is 1. The lowest BCUT2D eigenvalue weighted by Gasteiger charge is -2.31. The van der Waals surface area contributed by atoms with Crippen LogP contribution in [0.15, 0.2) is 54.6 Å². The second-order valence-electron chi connectivity index (χ2n) is 9.80. The Bertz CT molecular complexity index is 1110. The van der Waals surface area contributed by atoms with Crippen molar-refractivity contribution in [3.63, 3.8) is 0 Å². The number of aromatic nitrogens is 1. The Hall–Kier alpha value is -2.70. The van der Waals surface area contributed by atoms with E-state index in [-0.39, 0.29) is 17.6 Å². The molecule has 1 N–H and O–H groups in total. The summed E-state index contributed by atoms with van der Waals surface area (Å²) in [7, 11) is 0. The third kappa shape index (κ3) is 5.50. The van der Waals surface area contributed by atoms with Gasteiger partial charge in [-0.15, -0.1) is 0 Å². The van der Waals surface area contributed by atoms with E-state index in [0.717, 1.165) is 51.1 Å². The molecule has 3 aromatic rings. The standard InChI is InChI=1S/C28H35FN4O/c29-25-8-5-6-22(18-25)20-33-26(19-24-7-1-2-9-27(24)33)21-32-15-10-23(11-16-32)28(34)30-12-17-31-13-3-4-14-31/h1-2,5-9,18-19,23H,3-4,10-17,20-21H2,(H,30,34). The van der Waals surface area contributed by atoms with Gasteiger partial charge in [0.1, 0.15) is 5.82 Å². The number of para-hydroxylation sites is 1. The van der Waals surface area contributed by atoms with Gasteiger partial charge in [-0.05, 0) is 87.1 Å². The number of fused-ring (bicyclic) bond motifs is 1. The first-order chi connectivity index (χ1) is 16.7.